The molecular formula is C26H24ClF3N4O. The number of pyridine rings is 1. The van der Waals surface area contributed by atoms with E-state index in [1.54, 1.807) is 43.3 Å². The Morgan fingerprint density at radius 2 is 1.86 bits per heavy atom. The van der Waals surface area contributed by atoms with E-state index in [1.165, 1.54) is 6.07 Å². The zero-order chi connectivity index (χ0) is 25.2. The summed E-state index contributed by atoms with van der Waals surface area (Å²) in [4.78, 5) is 22.1. The van der Waals surface area contributed by atoms with Gasteiger partial charge in [0.2, 0.25) is 0 Å². The van der Waals surface area contributed by atoms with E-state index >= 15 is 0 Å². The van der Waals surface area contributed by atoms with Crippen molar-refractivity contribution >= 4 is 34.4 Å². The van der Waals surface area contributed by atoms with Crippen LogP contribution < -0.4 is 5.32 Å². The molecule has 2 aromatic heterocycles. The second-order valence-corrected chi connectivity index (χ2v) is 8.78. The molecule has 0 unspecified atom stereocenters. The normalized spacial score (nSPS) is 11.7. The Bertz CT molecular complexity index is 1380. The fourth-order valence-electron chi connectivity index (χ4n) is 3.86. The third-order valence-corrected chi connectivity index (χ3v) is 5.91. The van der Waals surface area contributed by atoms with Crippen molar-refractivity contribution in [2.24, 2.45) is 0 Å². The van der Waals surface area contributed by atoms with E-state index in [0.717, 1.165) is 30.8 Å². The van der Waals surface area contributed by atoms with E-state index in [2.05, 4.69) is 17.2 Å². The lowest BCUT2D eigenvalue weighted by molar-refractivity contribution is -0.137. The van der Waals surface area contributed by atoms with Gasteiger partial charge in [0, 0.05) is 17.0 Å². The summed E-state index contributed by atoms with van der Waals surface area (Å²) in [6.07, 6.45) is -1.93. The Morgan fingerprint density at radius 3 is 2.57 bits per heavy atom. The number of nitrogens with zero attached hydrogens (tertiary/aromatic N) is 3. The molecule has 5 nitrogen and oxygen atoms in total. The number of hydrogen-bond donors (Lipinski definition) is 1. The van der Waals surface area contributed by atoms with Crippen LogP contribution in [-0.4, -0.2) is 20.4 Å². The van der Waals surface area contributed by atoms with Gasteiger partial charge < -0.3 is 9.88 Å². The molecule has 0 bridgehead atoms. The third kappa shape index (κ3) is 5.65. The van der Waals surface area contributed by atoms with Crippen LogP contribution in [0.15, 0.2) is 54.6 Å². The second-order valence-electron chi connectivity index (χ2n) is 8.34. The van der Waals surface area contributed by atoms with Gasteiger partial charge in [-0.1, -0.05) is 43.1 Å². The molecule has 0 atom stereocenters. The molecule has 0 spiro atoms. The highest BCUT2D eigenvalue weighted by Crippen LogP contribution is 2.30. The number of fused-ring (bicyclic) bond motifs is 1. The topological polar surface area (TPSA) is 59.8 Å². The summed E-state index contributed by atoms with van der Waals surface area (Å²) < 4.78 is 41.5. The number of rotatable bonds is 7. The maximum Gasteiger partial charge on any atom is 0.416 e. The Hall–Kier alpha value is -3.39. The van der Waals surface area contributed by atoms with Crippen LogP contribution in [-0.2, 0) is 19.1 Å². The molecule has 4 rings (SSSR count). The fraction of sp³-hybridized carbons (Fsp3) is 0.269. The first kappa shape index (κ1) is 24.7. The minimum absolute atomic E-state index is 0.208. The second kappa shape index (κ2) is 10.1. The molecule has 2 heterocycles. The molecule has 35 heavy (non-hydrogen) atoms. The number of anilines is 1. The van der Waals surface area contributed by atoms with Crippen molar-refractivity contribution < 1.29 is 18.0 Å². The quantitative estimate of drug-likeness (QED) is 0.295. The first-order valence-corrected chi connectivity index (χ1v) is 11.6. The van der Waals surface area contributed by atoms with Crippen molar-refractivity contribution in [1.29, 1.82) is 0 Å². The summed E-state index contributed by atoms with van der Waals surface area (Å²) in [5, 5.41) is 3.31. The van der Waals surface area contributed by atoms with E-state index in [4.69, 9.17) is 16.6 Å². The van der Waals surface area contributed by atoms with Crippen molar-refractivity contribution in [2.45, 2.75) is 45.8 Å². The molecule has 1 amide bonds. The monoisotopic (exact) mass is 500 g/mol. The number of imidazole rings is 1. The van der Waals surface area contributed by atoms with Crippen LogP contribution in [0.1, 0.15) is 52.8 Å². The minimum atomic E-state index is -4.41. The summed E-state index contributed by atoms with van der Waals surface area (Å²) in [7, 11) is 0. The van der Waals surface area contributed by atoms with E-state index in [0.29, 0.717) is 45.1 Å². The largest absolute Gasteiger partial charge is 0.416 e. The molecular weight excluding hydrogens is 477 g/mol. The average molecular weight is 501 g/mol. The zero-order valence-corrected chi connectivity index (χ0v) is 20.0. The number of carbonyl (C=O) groups excluding carboxylic acids is 1. The standard InChI is InChI=1S/C26H24ClF3N4O/c1-3-4-11-23-32-22-14-21(33-25(35)18-8-6-10-20(27)13-18)16(2)31-24(22)34(23)15-17-7-5-9-19(12-17)26(28,29)30/h5-10,12-14H,3-4,11,15H2,1-2H3,(H,33,35). The summed E-state index contributed by atoms with van der Waals surface area (Å²) in [6.45, 7) is 4.03. The Labute approximate surface area is 206 Å². The van der Waals surface area contributed by atoms with Gasteiger partial charge in [-0.2, -0.15) is 13.2 Å². The minimum Gasteiger partial charge on any atom is -0.320 e. The smallest absolute Gasteiger partial charge is 0.320 e. The summed E-state index contributed by atoms with van der Waals surface area (Å²) in [5.41, 5.74) is 2.44. The summed E-state index contributed by atoms with van der Waals surface area (Å²) >= 11 is 6.00. The van der Waals surface area contributed by atoms with Gasteiger partial charge in [-0.15, -0.1) is 0 Å². The molecule has 0 aliphatic rings. The summed E-state index contributed by atoms with van der Waals surface area (Å²) in [5.74, 6) is 0.413. The van der Waals surface area contributed by atoms with Gasteiger partial charge in [-0.05, 0) is 55.3 Å². The third-order valence-electron chi connectivity index (χ3n) is 5.67. The number of carbonyl (C=O) groups is 1. The predicted molar refractivity (Wildman–Crippen MR) is 131 cm³/mol. The molecule has 2 aromatic carbocycles. The summed E-state index contributed by atoms with van der Waals surface area (Å²) in [6, 6.07) is 13.7. The molecule has 0 fully saturated rings. The van der Waals surface area contributed by atoms with Crippen molar-refractivity contribution in [2.75, 3.05) is 5.32 Å². The fourth-order valence-corrected chi connectivity index (χ4v) is 4.05. The SMILES string of the molecule is CCCCc1nc2cc(NC(=O)c3cccc(Cl)c3)c(C)nc2n1Cc1cccc(C(F)(F)F)c1. The van der Waals surface area contributed by atoms with Crippen LogP contribution in [0.3, 0.4) is 0 Å². The lowest BCUT2D eigenvalue weighted by atomic mass is 10.1. The van der Waals surface area contributed by atoms with Crippen LogP contribution in [0.2, 0.25) is 5.02 Å². The van der Waals surface area contributed by atoms with Crippen molar-refractivity contribution in [1.82, 2.24) is 14.5 Å². The van der Waals surface area contributed by atoms with E-state index in [9.17, 15) is 18.0 Å². The maximum atomic E-state index is 13.2. The highest BCUT2D eigenvalue weighted by atomic mass is 35.5. The number of unbranched alkanes of at least 4 members (excludes halogenated alkanes) is 1. The van der Waals surface area contributed by atoms with Gasteiger partial charge in [-0.25, -0.2) is 9.97 Å². The number of aryl methyl sites for hydroxylation is 2. The van der Waals surface area contributed by atoms with Gasteiger partial charge in [0.1, 0.15) is 11.3 Å². The van der Waals surface area contributed by atoms with Crippen molar-refractivity contribution in [3.63, 3.8) is 0 Å². The van der Waals surface area contributed by atoms with Crippen LogP contribution in [0, 0.1) is 6.92 Å². The number of benzene rings is 2. The van der Waals surface area contributed by atoms with Crippen molar-refractivity contribution in [3.8, 4) is 0 Å². The molecule has 0 saturated heterocycles. The molecule has 182 valence electrons. The maximum absolute atomic E-state index is 13.2. The highest BCUT2D eigenvalue weighted by molar-refractivity contribution is 6.31. The number of amides is 1. The average Bonchev–Trinajstić information content (AvgIpc) is 3.13. The number of hydrogen-bond acceptors (Lipinski definition) is 3. The molecule has 0 radical (unpaired) electrons. The predicted octanol–water partition coefficient (Wildman–Crippen LogP) is 7.06. The van der Waals surface area contributed by atoms with Crippen molar-refractivity contribution in [3.05, 3.63) is 87.8 Å². The van der Waals surface area contributed by atoms with Gasteiger partial charge in [-0.3, -0.25) is 4.79 Å². The number of halogens is 4. The first-order valence-electron chi connectivity index (χ1n) is 11.3. The lowest BCUT2D eigenvalue weighted by Crippen LogP contribution is -2.13. The van der Waals surface area contributed by atoms with E-state index < -0.39 is 11.7 Å². The van der Waals surface area contributed by atoms with Crippen LogP contribution >= 0.6 is 11.6 Å². The zero-order valence-electron chi connectivity index (χ0n) is 19.3. The van der Waals surface area contributed by atoms with Crippen LogP contribution in [0.25, 0.3) is 11.2 Å². The molecule has 0 aliphatic carbocycles. The lowest BCUT2D eigenvalue weighted by Gasteiger charge is -2.12. The van der Waals surface area contributed by atoms with Crippen LogP contribution in [0.4, 0.5) is 18.9 Å². The number of nitrogens with one attached hydrogen (secondary N) is 1. The van der Waals surface area contributed by atoms with E-state index in [-0.39, 0.29) is 12.5 Å². The Morgan fingerprint density at radius 1 is 1.09 bits per heavy atom. The number of alkyl halides is 3. The number of aromatic nitrogens is 3. The van der Waals surface area contributed by atoms with Crippen LogP contribution in [0.5, 0.6) is 0 Å². The van der Waals surface area contributed by atoms with Gasteiger partial charge in [0.25, 0.3) is 5.91 Å². The van der Waals surface area contributed by atoms with Gasteiger partial charge in [0.15, 0.2) is 5.65 Å². The molecule has 0 aliphatic heterocycles. The Kier molecular flexibility index (Phi) is 7.12. The molecule has 0 saturated carbocycles. The molecule has 1 N–H and O–H groups in total. The Balaban J connectivity index is 1.71. The van der Waals surface area contributed by atoms with Gasteiger partial charge >= 0.3 is 6.18 Å². The highest BCUT2D eigenvalue weighted by Gasteiger charge is 2.30. The van der Waals surface area contributed by atoms with Gasteiger partial charge in [0.05, 0.1) is 23.5 Å². The first-order chi connectivity index (χ1) is 16.7. The van der Waals surface area contributed by atoms with E-state index in [1.807, 2.05) is 4.57 Å². The molecule has 9 heteroatoms. The molecule has 4 aromatic rings.